The second-order valence-corrected chi connectivity index (χ2v) is 14.1. The van der Waals surface area contributed by atoms with Gasteiger partial charge in [0.05, 0.1) is 0 Å². The largest absolute Gasteiger partial charge is 0.455 e. The van der Waals surface area contributed by atoms with Crippen LogP contribution in [0.25, 0.3) is 87.3 Å². The second-order valence-electron chi connectivity index (χ2n) is 14.1. The van der Waals surface area contributed by atoms with Crippen LogP contribution in [0.15, 0.2) is 205 Å². The molecule has 54 heavy (non-hydrogen) atoms. The van der Waals surface area contributed by atoms with E-state index in [2.05, 4.69) is 193 Å². The Morgan fingerprint density at radius 1 is 0.296 bits per heavy atom. The fourth-order valence-electron chi connectivity index (χ4n) is 8.35. The monoisotopic (exact) mass is 687 g/mol. The Bertz CT molecular complexity index is 3230. The fraction of sp³-hybridized carbons (Fsp3) is 0. The number of nitrogens with zero attached hydrogens (tertiary/aromatic N) is 1. The normalized spacial score (nSPS) is 11.7. The molecule has 10 aromatic carbocycles. The van der Waals surface area contributed by atoms with Crippen molar-refractivity contribution in [2.75, 3.05) is 4.90 Å². The molecular formula is C52H33NO. The summed E-state index contributed by atoms with van der Waals surface area (Å²) in [5.74, 6) is 0. The van der Waals surface area contributed by atoms with Crippen LogP contribution in [0.5, 0.6) is 0 Å². The van der Waals surface area contributed by atoms with E-state index >= 15 is 0 Å². The fourth-order valence-corrected chi connectivity index (χ4v) is 8.35. The average molecular weight is 688 g/mol. The number of furan rings is 1. The van der Waals surface area contributed by atoms with Crippen LogP contribution in [0.1, 0.15) is 0 Å². The molecule has 0 N–H and O–H groups in total. The van der Waals surface area contributed by atoms with E-state index in [4.69, 9.17) is 4.42 Å². The molecule has 0 aliphatic carbocycles. The van der Waals surface area contributed by atoms with Crippen molar-refractivity contribution >= 4 is 82.1 Å². The van der Waals surface area contributed by atoms with Gasteiger partial charge in [-0.3, -0.25) is 0 Å². The van der Waals surface area contributed by atoms with Crippen LogP contribution in [0.3, 0.4) is 0 Å². The van der Waals surface area contributed by atoms with Gasteiger partial charge in [-0.05, 0) is 108 Å². The molecule has 2 heteroatoms. The molecule has 0 spiro atoms. The molecule has 0 fully saturated rings. The summed E-state index contributed by atoms with van der Waals surface area (Å²) in [7, 11) is 0. The molecule has 0 atom stereocenters. The lowest BCUT2D eigenvalue weighted by atomic mass is 9.97. The first-order valence-corrected chi connectivity index (χ1v) is 18.5. The van der Waals surface area contributed by atoms with E-state index in [9.17, 15) is 0 Å². The Morgan fingerprint density at radius 2 is 0.833 bits per heavy atom. The van der Waals surface area contributed by atoms with Gasteiger partial charge in [0, 0.05) is 33.4 Å². The number of rotatable bonds is 5. The van der Waals surface area contributed by atoms with E-state index in [1.807, 2.05) is 12.1 Å². The quantitative estimate of drug-likeness (QED) is 0.168. The Hall–Kier alpha value is -7.16. The predicted molar refractivity (Wildman–Crippen MR) is 229 cm³/mol. The molecule has 0 saturated carbocycles. The van der Waals surface area contributed by atoms with Crippen molar-refractivity contribution in [3.8, 4) is 22.3 Å². The lowest BCUT2D eigenvalue weighted by Gasteiger charge is -2.27. The summed E-state index contributed by atoms with van der Waals surface area (Å²) in [6.45, 7) is 0. The van der Waals surface area contributed by atoms with Crippen LogP contribution >= 0.6 is 0 Å². The lowest BCUT2D eigenvalue weighted by Crippen LogP contribution is -2.10. The first-order chi connectivity index (χ1) is 26.7. The third-order valence-corrected chi connectivity index (χ3v) is 11.0. The summed E-state index contributed by atoms with van der Waals surface area (Å²) in [6.07, 6.45) is 0. The van der Waals surface area contributed by atoms with E-state index < -0.39 is 0 Å². The van der Waals surface area contributed by atoms with E-state index in [1.165, 1.54) is 54.2 Å². The van der Waals surface area contributed by atoms with Crippen LogP contribution in [-0.4, -0.2) is 0 Å². The minimum Gasteiger partial charge on any atom is -0.455 e. The molecule has 1 aromatic heterocycles. The summed E-state index contributed by atoms with van der Waals surface area (Å²) in [5, 5.41) is 12.3. The number of hydrogen-bond acceptors (Lipinski definition) is 2. The van der Waals surface area contributed by atoms with Crippen molar-refractivity contribution in [2.45, 2.75) is 0 Å². The number of anilines is 3. The van der Waals surface area contributed by atoms with Gasteiger partial charge in [-0.2, -0.15) is 0 Å². The summed E-state index contributed by atoms with van der Waals surface area (Å²) in [5.41, 5.74) is 9.64. The molecular weight excluding hydrogens is 655 g/mol. The van der Waals surface area contributed by atoms with Crippen molar-refractivity contribution in [3.05, 3.63) is 200 Å². The highest BCUT2D eigenvalue weighted by Gasteiger charge is 2.17. The van der Waals surface area contributed by atoms with E-state index in [-0.39, 0.29) is 0 Å². The molecule has 1 heterocycles. The Morgan fingerprint density at radius 3 is 1.59 bits per heavy atom. The smallest absolute Gasteiger partial charge is 0.143 e. The molecule has 11 rings (SSSR count). The molecule has 2 nitrogen and oxygen atoms in total. The van der Waals surface area contributed by atoms with Gasteiger partial charge in [0.2, 0.25) is 0 Å². The minimum atomic E-state index is 0.904. The number of para-hydroxylation sites is 2. The Labute approximate surface area is 312 Å². The number of fused-ring (bicyclic) bond motifs is 9. The zero-order valence-corrected chi connectivity index (χ0v) is 29.4. The van der Waals surface area contributed by atoms with Crippen molar-refractivity contribution in [1.29, 1.82) is 0 Å². The van der Waals surface area contributed by atoms with Gasteiger partial charge in [0.1, 0.15) is 11.2 Å². The minimum absolute atomic E-state index is 0.904. The zero-order chi connectivity index (χ0) is 35.6. The second kappa shape index (κ2) is 12.2. The molecule has 0 unspecified atom stereocenters. The van der Waals surface area contributed by atoms with Crippen molar-refractivity contribution < 1.29 is 4.42 Å². The maximum Gasteiger partial charge on any atom is 0.143 e. The van der Waals surface area contributed by atoms with Gasteiger partial charge in [-0.15, -0.1) is 0 Å². The summed E-state index contributed by atoms with van der Waals surface area (Å²) in [6, 6.07) is 72.4. The molecule has 0 amide bonds. The van der Waals surface area contributed by atoms with Gasteiger partial charge >= 0.3 is 0 Å². The van der Waals surface area contributed by atoms with Gasteiger partial charge in [0.15, 0.2) is 0 Å². The molecule has 0 radical (unpaired) electrons. The summed E-state index contributed by atoms with van der Waals surface area (Å²) >= 11 is 0. The predicted octanol–water partition coefficient (Wildman–Crippen LogP) is 15.0. The van der Waals surface area contributed by atoms with Crippen LogP contribution < -0.4 is 4.90 Å². The first kappa shape index (κ1) is 30.5. The van der Waals surface area contributed by atoms with Crippen LogP contribution in [0, 0.1) is 0 Å². The average Bonchev–Trinajstić information content (AvgIpc) is 3.63. The molecule has 252 valence electrons. The first-order valence-electron chi connectivity index (χ1n) is 18.5. The van der Waals surface area contributed by atoms with E-state index in [0.29, 0.717) is 0 Å². The SMILES string of the molecule is c1cc(-c2cccc3c2oc2ccccc23)cc(N(c2ccc(-c3ccc4ccc5ccccc5c4c3)cc2)c2ccc3ccc4ccccc4c3c2)c1. The standard InChI is InChI=1S/C52H33NO/c1-3-13-44-35(9-1)19-21-37-23-24-39(32-49(37)44)34-25-28-41(29-26-34)53(43-30-27-38-22-20-36-10-2-4-14-45(36)50(38)33-43)42-12-7-11-40(31-42)46-16-8-17-48-47-15-5-6-18-51(47)54-52(46)48/h1-33H. The van der Waals surface area contributed by atoms with Gasteiger partial charge < -0.3 is 9.32 Å². The Balaban J connectivity index is 1.07. The van der Waals surface area contributed by atoms with Crippen LogP contribution in [0.2, 0.25) is 0 Å². The van der Waals surface area contributed by atoms with E-state index in [0.717, 1.165) is 50.1 Å². The maximum atomic E-state index is 6.49. The summed E-state index contributed by atoms with van der Waals surface area (Å²) < 4.78 is 6.49. The lowest BCUT2D eigenvalue weighted by molar-refractivity contribution is 0.670. The highest BCUT2D eigenvalue weighted by atomic mass is 16.3. The zero-order valence-electron chi connectivity index (χ0n) is 29.4. The van der Waals surface area contributed by atoms with Gasteiger partial charge in [-0.25, -0.2) is 0 Å². The van der Waals surface area contributed by atoms with E-state index in [1.54, 1.807) is 0 Å². The van der Waals surface area contributed by atoms with Crippen LogP contribution in [0.4, 0.5) is 17.1 Å². The highest BCUT2D eigenvalue weighted by Crippen LogP contribution is 2.42. The molecule has 0 saturated heterocycles. The highest BCUT2D eigenvalue weighted by molar-refractivity contribution is 6.11. The molecule has 11 aromatic rings. The Kier molecular flexibility index (Phi) is 6.90. The van der Waals surface area contributed by atoms with Crippen molar-refractivity contribution in [3.63, 3.8) is 0 Å². The van der Waals surface area contributed by atoms with Crippen LogP contribution in [-0.2, 0) is 0 Å². The van der Waals surface area contributed by atoms with Gasteiger partial charge in [-0.1, -0.05) is 152 Å². The number of hydrogen-bond donors (Lipinski definition) is 0. The maximum absolute atomic E-state index is 6.49. The molecule has 0 bridgehead atoms. The topological polar surface area (TPSA) is 16.4 Å². The van der Waals surface area contributed by atoms with Crippen molar-refractivity contribution in [1.82, 2.24) is 0 Å². The van der Waals surface area contributed by atoms with Gasteiger partial charge in [0.25, 0.3) is 0 Å². The molecule has 0 aliphatic heterocycles. The third-order valence-electron chi connectivity index (χ3n) is 11.0. The molecule has 0 aliphatic rings. The number of benzene rings is 10. The van der Waals surface area contributed by atoms with Crippen molar-refractivity contribution in [2.24, 2.45) is 0 Å². The summed E-state index contributed by atoms with van der Waals surface area (Å²) in [4.78, 5) is 2.38. The third kappa shape index (κ3) is 4.96.